The van der Waals surface area contributed by atoms with Crippen LogP contribution in [0.5, 0.6) is 0 Å². The first-order valence-corrected chi connectivity index (χ1v) is 7.19. The zero-order valence-corrected chi connectivity index (χ0v) is 11.5. The Kier molecular flexibility index (Phi) is 3.99. The van der Waals surface area contributed by atoms with E-state index in [1.807, 2.05) is 16.9 Å². The number of hydrogen-bond acceptors (Lipinski definition) is 4. The van der Waals surface area contributed by atoms with Gasteiger partial charge in [-0.1, -0.05) is 0 Å². The number of nitrogens with two attached hydrogens (primary N) is 1. The Morgan fingerprint density at radius 2 is 2.29 bits per heavy atom. The summed E-state index contributed by atoms with van der Waals surface area (Å²) in [6, 6.07) is 1.85. The van der Waals surface area contributed by atoms with Gasteiger partial charge in [-0.05, 0) is 32.9 Å². The summed E-state index contributed by atoms with van der Waals surface area (Å²) in [5, 5.41) is 4.19. The van der Waals surface area contributed by atoms with E-state index >= 15 is 0 Å². The molecule has 0 radical (unpaired) electrons. The highest BCUT2D eigenvalue weighted by Crippen LogP contribution is 2.29. The van der Waals surface area contributed by atoms with Crippen molar-refractivity contribution in [2.45, 2.75) is 31.6 Å². The van der Waals surface area contributed by atoms with Gasteiger partial charge in [0.05, 0.1) is 0 Å². The molecule has 1 fully saturated rings. The van der Waals surface area contributed by atoms with Gasteiger partial charge in [0.25, 0.3) is 0 Å². The van der Waals surface area contributed by atoms with Gasteiger partial charge >= 0.3 is 0 Å². The van der Waals surface area contributed by atoms with Gasteiger partial charge in [-0.25, -0.2) is 0 Å². The monoisotopic (exact) mass is 254 g/mol. The minimum absolute atomic E-state index is 0.411. The third-order valence-corrected chi connectivity index (χ3v) is 4.32. The minimum atomic E-state index is 0.411. The number of nitrogens with zero attached hydrogens (tertiary/aromatic N) is 3. The number of rotatable bonds is 4. The van der Waals surface area contributed by atoms with Crippen molar-refractivity contribution in [1.82, 2.24) is 14.7 Å². The molecule has 96 valence electrons. The molecule has 0 spiro atoms. The number of hydrogen-bond donors (Lipinski definition) is 1. The van der Waals surface area contributed by atoms with E-state index in [-0.39, 0.29) is 0 Å². The molecule has 1 aromatic heterocycles. The fourth-order valence-corrected chi connectivity index (χ4v) is 3.44. The van der Waals surface area contributed by atoms with Gasteiger partial charge < -0.3 is 10.6 Å². The van der Waals surface area contributed by atoms with E-state index in [0.717, 1.165) is 19.5 Å². The van der Waals surface area contributed by atoms with Crippen LogP contribution < -0.4 is 5.73 Å². The zero-order chi connectivity index (χ0) is 12.3. The molecule has 0 bridgehead atoms. The molecule has 0 atom stereocenters. The van der Waals surface area contributed by atoms with Crippen LogP contribution in [0.3, 0.4) is 0 Å². The normalized spacial score (nSPS) is 20.6. The van der Waals surface area contributed by atoms with Crippen molar-refractivity contribution in [3.05, 3.63) is 12.3 Å². The van der Waals surface area contributed by atoms with E-state index in [9.17, 15) is 0 Å². The number of nitrogen functional groups attached to an aromatic ring is 1. The number of anilines is 1. The summed E-state index contributed by atoms with van der Waals surface area (Å²) >= 11 is 2.08. The molecule has 2 rings (SSSR count). The van der Waals surface area contributed by atoms with Gasteiger partial charge in [-0.2, -0.15) is 16.9 Å². The molecule has 0 amide bonds. The summed E-state index contributed by atoms with van der Waals surface area (Å²) in [6.45, 7) is 9.19. The van der Waals surface area contributed by atoms with Crippen molar-refractivity contribution in [1.29, 1.82) is 0 Å². The Balaban J connectivity index is 1.71. The molecule has 2 heterocycles. The first kappa shape index (κ1) is 12.8. The van der Waals surface area contributed by atoms with E-state index in [1.165, 1.54) is 18.8 Å². The van der Waals surface area contributed by atoms with E-state index in [1.54, 1.807) is 0 Å². The minimum Gasteiger partial charge on any atom is -0.382 e. The van der Waals surface area contributed by atoms with Crippen LogP contribution in [-0.2, 0) is 6.54 Å². The molecule has 0 saturated carbocycles. The summed E-state index contributed by atoms with van der Waals surface area (Å²) in [7, 11) is 0. The van der Waals surface area contributed by atoms with E-state index in [2.05, 4.69) is 35.6 Å². The summed E-state index contributed by atoms with van der Waals surface area (Å²) < 4.78 is 2.34. The smallest absolute Gasteiger partial charge is 0.145 e. The molecule has 1 aromatic rings. The van der Waals surface area contributed by atoms with Gasteiger partial charge in [0.1, 0.15) is 5.82 Å². The third kappa shape index (κ3) is 3.92. The Hall–Kier alpha value is -0.680. The Morgan fingerprint density at radius 1 is 1.47 bits per heavy atom. The fraction of sp³-hybridized carbons (Fsp3) is 0.750. The Labute approximate surface area is 108 Å². The Morgan fingerprint density at radius 3 is 2.94 bits per heavy atom. The molecule has 0 aromatic carbocycles. The number of thioether (sulfide) groups is 1. The molecular weight excluding hydrogens is 232 g/mol. The predicted octanol–water partition coefficient (Wildman–Crippen LogP) is 1.68. The molecule has 4 nitrogen and oxygen atoms in total. The highest BCUT2D eigenvalue weighted by molar-refractivity contribution is 8.00. The van der Waals surface area contributed by atoms with Crippen LogP contribution in [0.15, 0.2) is 12.3 Å². The van der Waals surface area contributed by atoms with Crippen LogP contribution in [0.1, 0.15) is 20.3 Å². The maximum atomic E-state index is 5.58. The average molecular weight is 254 g/mol. The fourth-order valence-electron chi connectivity index (χ4n) is 2.26. The van der Waals surface area contributed by atoms with Crippen molar-refractivity contribution >= 4 is 17.6 Å². The lowest BCUT2D eigenvalue weighted by molar-refractivity contribution is 0.251. The molecule has 1 saturated heterocycles. The van der Waals surface area contributed by atoms with E-state index in [4.69, 9.17) is 5.73 Å². The lowest BCUT2D eigenvalue weighted by Gasteiger charge is -2.37. The van der Waals surface area contributed by atoms with Crippen LogP contribution >= 0.6 is 11.8 Å². The maximum absolute atomic E-state index is 5.58. The molecule has 0 unspecified atom stereocenters. The van der Waals surface area contributed by atoms with Crippen LogP contribution in [-0.4, -0.2) is 44.8 Å². The highest BCUT2D eigenvalue weighted by atomic mass is 32.2. The van der Waals surface area contributed by atoms with Crippen molar-refractivity contribution in [2.75, 3.05) is 31.1 Å². The Bertz CT molecular complexity index is 361. The average Bonchev–Trinajstić information content (AvgIpc) is 2.63. The van der Waals surface area contributed by atoms with Gasteiger partial charge in [-0.3, -0.25) is 4.68 Å². The van der Waals surface area contributed by atoms with Gasteiger partial charge in [0.15, 0.2) is 0 Å². The van der Waals surface area contributed by atoms with Gasteiger partial charge in [0, 0.05) is 36.3 Å². The molecule has 0 aliphatic carbocycles. The summed E-state index contributed by atoms with van der Waals surface area (Å²) in [5.41, 5.74) is 5.58. The van der Waals surface area contributed by atoms with E-state index in [0.29, 0.717) is 10.6 Å². The van der Waals surface area contributed by atoms with Crippen molar-refractivity contribution < 1.29 is 0 Å². The SMILES string of the molecule is CC1(C)CN(CCCn2ccc(N)n2)CCS1. The van der Waals surface area contributed by atoms with Crippen molar-refractivity contribution in [3.8, 4) is 0 Å². The third-order valence-electron chi connectivity index (χ3n) is 3.03. The first-order chi connectivity index (χ1) is 8.05. The first-order valence-electron chi connectivity index (χ1n) is 6.20. The van der Waals surface area contributed by atoms with Gasteiger partial charge in [0.2, 0.25) is 0 Å². The second kappa shape index (κ2) is 5.31. The second-order valence-corrected chi connectivity index (χ2v) is 7.04. The summed E-state index contributed by atoms with van der Waals surface area (Å²) in [4.78, 5) is 2.56. The summed E-state index contributed by atoms with van der Waals surface area (Å²) in [6.07, 6.45) is 3.09. The number of aryl methyl sites for hydroxylation is 1. The van der Waals surface area contributed by atoms with Crippen LogP contribution in [0.2, 0.25) is 0 Å². The van der Waals surface area contributed by atoms with Crippen LogP contribution in [0, 0.1) is 0 Å². The predicted molar refractivity (Wildman–Crippen MR) is 74.2 cm³/mol. The van der Waals surface area contributed by atoms with Gasteiger partial charge in [-0.15, -0.1) is 0 Å². The zero-order valence-electron chi connectivity index (χ0n) is 10.7. The number of aromatic nitrogens is 2. The topological polar surface area (TPSA) is 47.1 Å². The largest absolute Gasteiger partial charge is 0.382 e. The van der Waals surface area contributed by atoms with E-state index < -0.39 is 0 Å². The highest BCUT2D eigenvalue weighted by Gasteiger charge is 2.26. The van der Waals surface area contributed by atoms with Crippen LogP contribution in [0.25, 0.3) is 0 Å². The molecule has 5 heteroatoms. The maximum Gasteiger partial charge on any atom is 0.145 e. The van der Waals surface area contributed by atoms with Crippen LogP contribution in [0.4, 0.5) is 5.82 Å². The van der Waals surface area contributed by atoms with Crippen molar-refractivity contribution in [2.24, 2.45) is 0 Å². The molecular formula is C12H22N4S. The lowest BCUT2D eigenvalue weighted by Crippen LogP contribution is -2.43. The molecule has 1 aliphatic heterocycles. The quantitative estimate of drug-likeness (QED) is 0.888. The molecule has 17 heavy (non-hydrogen) atoms. The van der Waals surface area contributed by atoms with Crippen molar-refractivity contribution in [3.63, 3.8) is 0 Å². The standard InChI is InChI=1S/C12H22N4S/c1-12(2)10-15(8-9-17-12)5-3-6-16-7-4-11(13)14-16/h4,7H,3,5-6,8-10H2,1-2H3,(H2,13,14). The molecule has 2 N–H and O–H groups in total. The summed E-state index contributed by atoms with van der Waals surface area (Å²) in [5.74, 6) is 1.86. The molecule has 1 aliphatic rings. The second-order valence-electron chi connectivity index (χ2n) is 5.24. The lowest BCUT2D eigenvalue weighted by atomic mass is 10.2.